The van der Waals surface area contributed by atoms with Gasteiger partial charge in [0.1, 0.15) is 0 Å². The number of benzene rings is 2. The molecule has 0 bridgehead atoms. The van der Waals surface area contributed by atoms with Crippen molar-refractivity contribution >= 4 is 67.4 Å². The predicted molar refractivity (Wildman–Crippen MR) is 416 cm³/mol. The largest absolute Gasteiger partial charge is 2.00 e. The van der Waals surface area contributed by atoms with Crippen LogP contribution in [0.3, 0.4) is 0 Å². The van der Waals surface area contributed by atoms with Gasteiger partial charge in [0.25, 0.3) is 0 Å². The summed E-state index contributed by atoms with van der Waals surface area (Å²) in [5, 5.41) is 0. The van der Waals surface area contributed by atoms with Crippen molar-refractivity contribution in [1.82, 2.24) is 0 Å². The van der Waals surface area contributed by atoms with E-state index in [9.17, 15) is 19.6 Å². The molecule has 540 valence electrons. The fourth-order valence-corrected chi connectivity index (χ4v) is 25.6. The maximum atomic E-state index is 13.1. The van der Waals surface area contributed by atoms with Gasteiger partial charge >= 0.3 is 58.4 Å². The normalized spacial score (nSPS) is 14.2. The van der Waals surface area contributed by atoms with E-state index in [0.29, 0.717) is 11.5 Å². The van der Waals surface area contributed by atoms with Crippen molar-refractivity contribution in [3.8, 4) is 0 Å². The van der Waals surface area contributed by atoms with Crippen LogP contribution in [0.25, 0.3) is 0 Å². The Kier molecular flexibility index (Phi) is 65.8. The Morgan fingerprint density at radius 3 is 0.716 bits per heavy atom. The predicted octanol–water partition coefficient (Wildman–Crippen LogP) is 23.7. The van der Waals surface area contributed by atoms with Crippen LogP contribution in [0.15, 0.2) is 34.1 Å². The van der Waals surface area contributed by atoms with Gasteiger partial charge in [-0.1, -0.05) is 322 Å². The van der Waals surface area contributed by atoms with E-state index >= 15 is 0 Å². The fraction of sp³-hybridized carbons (Fsp3) is 0.850. The van der Waals surface area contributed by atoms with Gasteiger partial charge in [0.15, 0.2) is 0 Å². The number of anilines is 2. The molecular formula is C80H146N2O4P2S4Zn3. The summed E-state index contributed by atoms with van der Waals surface area (Å²) in [4.78, 5) is 59.6. The summed E-state index contributed by atoms with van der Waals surface area (Å²) in [7, 11) is -1.79. The van der Waals surface area contributed by atoms with Crippen molar-refractivity contribution in [3.05, 3.63) is 46.5 Å². The van der Waals surface area contributed by atoms with Crippen LogP contribution in [0.1, 0.15) is 397 Å². The smallest absolute Gasteiger partial charge is 0.853 e. The summed E-state index contributed by atoms with van der Waals surface area (Å²) in [6.45, 7) is 17.8. The number of nitrogens with zero attached hydrogens (tertiary/aromatic N) is 2. The third-order valence-corrected chi connectivity index (χ3v) is 33.2. The summed E-state index contributed by atoms with van der Waals surface area (Å²) in [5.74, 6) is 1.39. The first kappa shape index (κ1) is 97.0. The summed E-state index contributed by atoms with van der Waals surface area (Å²) < 4.78 is 0. The monoisotopic (exact) mass is 1580 g/mol. The topological polar surface area (TPSA) is 98.7 Å². The van der Waals surface area contributed by atoms with Crippen LogP contribution in [0.4, 0.5) is 11.4 Å². The van der Waals surface area contributed by atoms with Crippen molar-refractivity contribution in [3.63, 3.8) is 0 Å². The molecule has 15 heteroatoms. The van der Waals surface area contributed by atoms with Crippen LogP contribution in [0.5, 0.6) is 0 Å². The van der Waals surface area contributed by atoms with Crippen molar-refractivity contribution in [2.24, 2.45) is 0 Å². The van der Waals surface area contributed by atoms with Gasteiger partial charge in [-0.25, -0.2) is 20.1 Å². The Labute approximate surface area is 644 Å². The number of hydrogen-bond donors (Lipinski definition) is 0. The Morgan fingerprint density at radius 1 is 0.305 bits per heavy atom. The fourth-order valence-electron chi connectivity index (χ4n) is 14.5. The molecule has 0 saturated carbocycles. The molecule has 2 aromatic rings. The molecule has 2 aliphatic rings. The quantitative estimate of drug-likeness (QED) is 0.0280. The van der Waals surface area contributed by atoms with E-state index in [-0.39, 0.29) is 58.4 Å². The van der Waals surface area contributed by atoms with Crippen LogP contribution < -0.4 is 29.4 Å². The second-order valence-corrected chi connectivity index (χ2v) is 43.3. The summed E-state index contributed by atoms with van der Waals surface area (Å²) in [6.07, 6.45) is 73.3. The van der Waals surface area contributed by atoms with Gasteiger partial charge in [0.05, 0.1) is 11.4 Å². The number of rotatable bonds is 56. The Bertz CT molecular complexity index is 2070. The van der Waals surface area contributed by atoms with E-state index in [0.717, 1.165) is 74.5 Å². The first-order chi connectivity index (χ1) is 44.8. The van der Waals surface area contributed by atoms with Crippen LogP contribution >= 0.6 is 11.4 Å². The SMILES string of the molecule is CCCCCCCCCCCCCCCCS(c1ccc(CCCCCCCCCCCC)c(C)c1N1CCCCC1)=P([O-])([O-])[S-].CCCCCCCCCCCCCCCCS(c1ccc(CCCCCCCCCCCC)c(C)c1N1CCCCC1)=P([O-])([O-])[S-].[Zn+2].[Zn+2].[Zn+2]. The maximum absolute atomic E-state index is 13.1. The molecule has 2 heterocycles. The van der Waals surface area contributed by atoms with Gasteiger partial charge in [-0.2, -0.15) is 0 Å². The molecule has 0 aromatic heterocycles. The molecule has 0 N–H and O–H groups in total. The molecule has 2 fully saturated rings. The number of hydrogen-bond acceptors (Lipinski definition) is 8. The van der Waals surface area contributed by atoms with E-state index in [1.807, 2.05) is 0 Å². The van der Waals surface area contributed by atoms with Crippen LogP contribution in [-0.2, 0) is 116 Å². The standard InChI is InChI=1S/2C40H73NO2PS2.3Zn/c2*1-4-6-8-10-12-14-16-17-18-19-21-23-25-30-36-46(44(42,43)45)39-33-32-38(37(3)40(39)41-34-28-26-29-35-41)31-27-24-22-20-15-13-11-9-7-5-2;;;/h2*32-33H,4-31,34-36H2,1-3H3;;;/q2*-3;3*+2. The van der Waals surface area contributed by atoms with Crippen LogP contribution in [0, 0.1) is 13.8 Å². The van der Waals surface area contributed by atoms with E-state index in [4.69, 9.17) is 24.5 Å². The maximum Gasteiger partial charge on any atom is 2.00 e. The van der Waals surface area contributed by atoms with Crippen molar-refractivity contribution in [1.29, 1.82) is 0 Å². The first-order valence-electron chi connectivity index (χ1n) is 40.0. The zero-order chi connectivity index (χ0) is 66.6. The summed E-state index contributed by atoms with van der Waals surface area (Å²) in [6, 6.07) is 8.85. The Balaban J connectivity index is 0.00000180. The van der Waals surface area contributed by atoms with Gasteiger partial charge in [-0.15, -0.1) is 0 Å². The minimum Gasteiger partial charge on any atom is -0.853 e. The molecule has 0 aliphatic carbocycles. The van der Waals surface area contributed by atoms with E-state index in [1.54, 1.807) is 0 Å². The Hall–Kier alpha value is 2.01. The minimum absolute atomic E-state index is 0. The molecule has 2 unspecified atom stereocenters. The van der Waals surface area contributed by atoms with Gasteiger partial charge in [-0.3, -0.25) is 0 Å². The molecule has 2 aliphatic heterocycles. The van der Waals surface area contributed by atoms with Gasteiger partial charge < -0.3 is 65.3 Å². The summed E-state index contributed by atoms with van der Waals surface area (Å²) >= 11 is 10.5. The molecule has 0 radical (unpaired) electrons. The molecule has 2 aromatic carbocycles. The third kappa shape index (κ3) is 45.9. The molecule has 2 saturated heterocycles. The number of aryl methyl sites for hydroxylation is 2. The second kappa shape index (κ2) is 64.4. The van der Waals surface area contributed by atoms with Gasteiger partial charge in [0, 0.05) is 36.0 Å². The molecule has 2 atom stereocenters. The zero-order valence-corrected chi connectivity index (χ0v) is 77.3. The van der Waals surface area contributed by atoms with Crippen LogP contribution in [-0.4, -0.2) is 37.7 Å². The van der Waals surface area contributed by atoms with Crippen molar-refractivity contribution in [2.75, 3.05) is 47.5 Å². The first-order valence-corrected chi connectivity index (χ1v) is 49.3. The molecule has 4 rings (SSSR count). The molecular weight excluding hydrogens is 1440 g/mol. The molecule has 0 spiro atoms. The van der Waals surface area contributed by atoms with Crippen molar-refractivity contribution in [2.45, 2.75) is 411 Å². The zero-order valence-electron chi connectivity index (χ0n) is 63.3. The van der Waals surface area contributed by atoms with Crippen molar-refractivity contribution < 1.29 is 78.0 Å². The van der Waals surface area contributed by atoms with Gasteiger partial charge in [-0.05, 0) is 137 Å². The Morgan fingerprint density at radius 2 is 0.505 bits per heavy atom. The van der Waals surface area contributed by atoms with E-state index in [1.165, 1.54) is 355 Å². The molecule has 6 nitrogen and oxygen atoms in total. The average molecular weight is 1590 g/mol. The number of piperidine rings is 2. The van der Waals surface area contributed by atoms with E-state index < -0.39 is 31.5 Å². The van der Waals surface area contributed by atoms with Crippen LogP contribution in [0.2, 0.25) is 0 Å². The number of unbranched alkanes of at least 4 members (excludes halogenated alkanes) is 44. The van der Waals surface area contributed by atoms with E-state index in [2.05, 4.69) is 75.6 Å². The summed E-state index contributed by atoms with van der Waals surface area (Å²) in [5.41, 5.74) is 0.0803. The average Bonchev–Trinajstić information content (AvgIpc) is 0.793. The second-order valence-electron chi connectivity index (χ2n) is 28.6. The minimum atomic E-state index is -3.91. The molecule has 0 amide bonds. The molecule has 95 heavy (non-hydrogen) atoms. The van der Waals surface area contributed by atoms with Gasteiger partial charge in [0.2, 0.25) is 0 Å². The third-order valence-electron chi connectivity index (χ3n) is 20.4.